The minimum Gasteiger partial charge on any atom is -0.465 e. The number of carbonyl (C=O) groups excluding carboxylic acids is 2. The second-order valence-electron chi connectivity index (χ2n) is 3.04. The van der Waals surface area contributed by atoms with Gasteiger partial charge in [0.05, 0.1) is 12.7 Å². The normalized spacial score (nSPS) is 9.73. The molecule has 0 aliphatic carbocycles. The number of Topliss-reactive ketones (excluding diaryl/α,β-unsaturated/α-hetero) is 1. The van der Waals surface area contributed by atoms with Gasteiger partial charge in [0.25, 0.3) is 0 Å². The van der Waals surface area contributed by atoms with Crippen molar-refractivity contribution in [3.8, 4) is 0 Å². The van der Waals surface area contributed by atoms with Crippen LogP contribution >= 0.6 is 0 Å². The van der Waals surface area contributed by atoms with Gasteiger partial charge >= 0.3 is 5.97 Å². The van der Waals surface area contributed by atoms with Crippen molar-refractivity contribution in [3.05, 3.63) is 35.4 Å². The maximum absolute atomic E-state index is 11.9. The van der Waals surface area contributed by atoms with Crippen molar-refractivity contribution in [2.45, 2.75) is 6.42 Å². The molecule has 0 unspecified atom stereocenters. The molecule has 0 aliphatic heterocycles. The summed E-state index contributed by atoms with van der Waals surface area (Å²) < 4.78 is 16.4. The van der Waals surface area contributed by atoms with Crippen LogP contribution in [0.5, 0.6) is 0 Å². The monoisotopic (exact) mass is 210 g/mol. The maximum Gasteiger partial charge on any atom is 0.337 e. The minimum absolute atomic E-state index is 0.0535. The molecule has 1 aromatic carbocycles. The van der Waals surface area contributed by atoms with Gasteiger partial charge in [-0.2, -0.15) is 0 Å². The van der Waals surface area contributed by atoms with E-state index in [9.17, 15) is 14.0 Å². The Morgan fingerprint density at radius 3 is 2.33 bits per heavy atom. The molecule has 1 rings (SSSR count). The Labute approximate surface area is 86.9 Å². The van der Waals surface area contributed by atoms with E-state index in [2.05, 4.69) is 4.74 Å². The molecule has 15 heavy (non-hydrogen) atoms. The average molecular weight is 210 g/mol. The number of benzene rings is 1. The molecular formula is C11H11FO3. The van der Waals surface area contributed by atoms with Crippen molar-refractivity contribution >= 4 is 11.8 Å². The smallest absolute Gasteiger partial charge is 0.337 e. The van der Waals surface area contributed by atoms with E-state index in [4.69, 9.17) is 0 Å². The van der Waals surface area contributed by atoms with E-state index >= 15 is 0 Å². The van der Waals surface area contributed by atoms with Gasteiger partial charge in [-0.25, -0.2) is 9.18 Å². The van der Waals surface area contributed by atoms with Crippen LogP contribution < -0.4 is 0 Å². The molecular weight excluding hydrogens is 199 g/mol. The molecule has 0 saturated carbocycles. The Bertz CT molecular complexity index is 357. The number of carbonyl (C=O) groups is 2. The Morgan fingerprint density at radius 1 is 1.27 bits per heavy atom. The van der Waals surface area contributed by atoms with E-state index in [1.165, 1.54) is 7.11 Å². The topological polar surface area (TPSA) is 43.4 Å². The van der Waals surface area contributed by atoms with Gasteiger partial charge in [0, 0.05) is 6.42 Å². The molecule has 0 aliphatic rings. The first kappa shape index (κ1) is 11.4. The Morgan fingerprint density at radius 2 is 1.87 bits per heavy atom. The van der Waals surface area contributed by atoms with Crippen LogP contribution in [0, 0.1) is 0 Å². The highest BCUT2D eigenvalue weighted by Crippen LogP contribution is 2.06. The summed E-state index contributed by atoms with van der Waals surface area (Å²) in [7, 11) is 1.29. The molecule has 0 N–H and O–H groups in total. The van der Waals surface area contributed by atoms with Gasteiger partial charge < -0.3 is 4.74 Å². The first-order valence-electron chi connectivity index (χ1n) is 4.42. The molecule has 0 atom stereocenters. The average Bonchev–Trinajstić information content (AvgIpc) is 2.29. The largest absolute Gasteiger partial charge is 0.465 e. The lowest BCUT2D eigenvalue weighted by molar-refractivity contribution is -0.119. The fraction of sp³-hybridized carbons (Fsp3) is 0.273. The van der Waals surface area contributed by atoms with E-state index in [1.54, 1.807) is 24.3 Å². The molecule has 0 fully saturated rings. The summed E-state index contributed by atoms with van der Waals surface area (Å²) in [6, 6.07) is 6.32. The number of methoxy groups -OCH3 is 1. The van der Waals surface area contributed by atoms with E-state index in [-0.39, 0.29) is 6.42 Å². The molecule has 3 nitrogen and oxygen atoms in total. The van der Waals surface area contributed by atoms with Crippen molar-refractivity contribution in [2.75, 3.05) is 13.8 Å². The van der Waals surface area contributed by atoms with E-state index in [0.717, 1.165) is 0 Å². The Balaban J connectivity index is 2.72. The van der Waals surface area contributed by atoms with Gasteiger partial charge in [-0.05, 0) is 17.7 Å². The summed E-state index contributed by atoms with van der Waals surface area (Å²) in [4.78, 5) is 21.8. The quantitative estimate of drug-likeness (QED) is 0.708. The lowest BCUT2D eigenvalue weighted by Gasteiger charge is -2.01. The third-order valence-electron chi connectivity index (χ3n) is 1.93. The predicted octanol–water partition coefficient (Wildman–Crippen LogP) is 1.55. The zero-order valence-electron chi connectivity index (χ0n) is 8.33. The Kier molecular flexibility index (Phi) is 3.97. The van der Waals surface area contributed by atoms with E-state index in [0.29, 0.717) is 11.1 Å². The number of ether oxygens (including phenoxy) is 1. The number of hydrogen-bond donors (Lipinski definition) is 0. The molecule has 0 spiro atoms. The first-order chi connectivity index (χ1) is 7.17. The summed E-state index contributed by atoms with van der Waals surface area (Å²) in [6.45, 7) is -0.960. The SMILES string of the molecule is COC(=O)c1ccc(CC(=O)CF)cc1. The van der Waals surface area contributed by atoms with Crippen molar-refractivity contribution in [2.24, 2.45) is 0 Å². The lowest BCUT2D eigenvalue weighted by Crippen LogP contribution is -2.05. The molecule has 0 saturated heterocycles. The standard InChI is InChI=1S/C11H11FO3/c1-15-11(14)9-4-2-8(3-5-9)6-10(13)7-12/h2-5H,6-7H2,1H3. The van der Waals surface area contributed by atoms with Gasteiger partial charge in [-0.3, -0.25) is 4.79 Å². The molecule has 0 bridgehead atoms. The van der Waals surface area contributed by atoms with Crippen LogP contribution in [0.2, 0.25) is 0 Å². The Hall–Kier alpha value is -1.71. The molecule has 0 aromatic heterocycles. The third kappa shape index (κ3) is 3.16. The summed E-state index contributed by atoms with van der Waals surface area (Å²) in [6.07, 6.45) is 0.0535. The highest BCUT2D eigenvalue weighted by Gasteiger charge is 2.06. The number of hydrogen-bond acceptors (Lipinski definition) is 3. The highest BCUT2D eigenvalue weighted by atomic mass is 19.1. The lowest BCUT2D eigenvalue weighted by atomic mass is 10.1. The molecule has 0 heterocycles. The summed E-state index contributed by atoms with van der Waals surface area (Å²) in [5.41, 5.74) is 1.10. The van der Waals surface area contributed by atoms with Crippen LogP contribution in [-0.2, 0) is 16.0 Å². The second kappa shape index (κ2) is 5.24. The van der Waals surface area contributed by atoms with Crippen LogP contribution in [0.25, 0.3) is 0 Å². The van der Waals surface area contributed by atoms with Gasteiger partial charge in [0.15, 0.2) is 5.78 Å². The van der Waals surface area contributed by atoms with Gasteiger partial charge in [0.1, 0.15) is 6.67 Å². The van der Waals surface area contributed by atoms with Crippen molar-refractivity contribution in [1.82, 2.24) is 0 Å². The number of esters is 1. The van der Waals surface area contributed by atoms with Crippen LogP contribution in [0.15, 0.2) is 24.3 Å². The summed E-state index contributed by atoms with van der Waals surface area (Å²) in [5, 5.41) is 0. The van der Waals surface area contributed by atoms with E-state index < -0.39 is 18.4 Å². The number of ketones is 1. The van der Waals surface area contributed by atoms with Crippen molar-refractivity contribution < 1.29 is 18.7 Å². The van der Waals surface area contributed by atoms with Gasteiger partial charge in [0.2, 0.25) is 0 Å². The zero-order valence-corrected chi connectivity index (χ0v) is 8.33. The van der Waals surface area contributed by atoms with Crippen molar-refractivity contribution in [3.63, 3.8) is 0 Å². The second-order valence-corrected chi connectivity index (χ2v) is 3.04. The molecule has 0 radical (unpaired) electrons. The number of rotatable bonds is 4. The number of alkyl halides is 1. The fourth-order valence-electron chi connectivity index (χ4n) is 1.15. The molecule has 0 amide bonds. The zero-order chi connectivity index (χ0) is 11.3. The molecule has 1 aromatic rings. The fourth-order valence-corrected chi connectivity index (χ4v) is 1.15. The predicted molar refractivity (Wildman–Crippen MR) is 52.5 cm³/mol. The number of halogens is 1. The maximum atomic E-state index is 11.9. The molecule has 4 heteroatoms. The van der Waals surface area contributed by atoms with Gasteiger partial charge in [-0.1, -0.05) is 12.1 Å². The van der Waals surface area contributed by atoms with Gasteiger partial charge in [-0.15, -0.1) is 0 Å². The van der Waals surface area contributed by atoms with Crippen LogP contribution in [0.3, 0.4) is 0 Å². The van der Waals surface area contributed by atoms with E-state index in [1.807, 2.05) is 0 Å². The van der Waals surface area contributed by atoms with Crippen LogP contribution in [-0.4, -0.2) is 25.5 Å². The highest BCUT2D eigenvalue weighted by molar-refractivity contribution is 5.89. The summed E-state index contributed by atoms with van der Waals surface area (Å²) in [5.74, 6) is -0.904. The third-order valence-corrected chi connectivity index (χ3v) is 1.93. The minimum atomic E-state index is -0.960. The van der Waals surface area contributed by atoms with Crippen molar-refractivity contribution in [1.29, 1.82) is 0 Å². The van der Waals surface area contributed by atoms with Crippen LogP contribution in [0.1, 0.15) is 15.9 Å². The van der Waals surface area contributed by atoms with Crippen LogP contribution in [0.4, 0.5) is 4.39 Å². The first-order valence-corrected chi connectivity index (χ1v) is 4.42. The molecule has 80 valence electrons. The summed E-state index contributed by atoms with van der Waals surface area (Å²) >= 11 is 0.